The lowest BCUT2D eigenvalue weighted by Gasteiger charge is -2.41. The van der Waals surface area contributed by atoms with Crippen molar-refractivity contribution in [2.24, 2.45) is 5.41 Å². The second-order valence-corrected chi connectivity index (χ2v) is 6.19. The molecule has 0 aliphatic heterocycles. The molecule has 0 rings (SSSR count). The van der Waals surface area contributed by atoms with Crippen molar-refractivity contribution in [1.29, 1.82) is 0 Å². The van der Waals surface area contributed by atoms with E-state index in [-0.39, 0.29) is 13.2 Å². The first-order chi connectivity index (χ1) is 7.55. The molecule has 0 aromatic carbocycles. The Morgan fingerprint density at radius 3 is 1.88 bits per heavy atom. The van der Waals surface area contributed by atoms with Crippen LogP contribution in [0.5, 0.6) is 0 Å². The number of hydrogen-bond donors (Lipinski definition) is 3. The summed E-state index contributed by atoms with van der Waals surface area (Å²) in [6.07, 6.45) is -0.630. The van der Waals surface area contributed by atoms with E-state index in [1.165, 1.54) is 4.90 Å². The molecular weight excluding hydrogens is 222 g/mol. The van der Waals surface area contributed by atoms with E-state index in [9.17, 15) is 20.1 Å². The number of rotatable bonds is 5. The molecule has 0 bridgehead atoms. The van der Waals surface area contributed by atoms with Crippen LogP contribution in [0.4, 0.5) is 4.79 Å². The van der Waals surface area contributed by atoms with Crippen molar-refractivity contribution in [3.8, 4) is 0 Å². The lowest BCUT2D eigenvalue weighted by atomic mass is 9.85. The highest BCUT2D eigenvalue weighted by molar-refractivity contribution is 5.66. The summed E-state index contributed by atoms with van der Waals surface area (Å²) in [6.45, 7) is 8.77. The van der Waals surface area contributed by atoms with Gasteiger partial charge in [0.15, 0.2) is 0 Å². The quantitative estimate of drug-likeness (QED) is 0.688. The van der Waals surface area contributed by atoms with Gasteiger partial charge in [0.1, 0.15) is 0 Å². The molecule has 17 heavy (non-hydrogen) atoms. The summed E-state index contributed by atoms with van der Waals surface area (Å²) in [6, 6.07) is -0.505. The van der Waals surface area contributed by atoms with Crippen molar-refractivity contribution < 1.29 is 20.1 Å². The number of carboxylic acid groups (broad SMARTS) is 1. The number of hydrogen-bond acceptors (Lipinski definition) is 3. The third kappa shape index (κ3) is 4.91. The Bertz CT molecular complexity index is 258. The van der Waals surface area contributed by atoms with Crippen LogP contribution in [-0.4, -0.2) is 51.1 Å². The van der Waals surface area contributed by atoms with Gasteiger partial charge < -0.3 is 15.3 Å². The van der Waals surface area contributed by atoms with Gasteiger partial charge in [-0.3, -0.25) is 4.90 Å². The monoisotopic (exact) mass is 247 g/mol. The third-order valence-electron chi connectivity index (χ3n) is 2.72. The van der Waals surface area contributed by atoms with Crippen molar-refractivity contribution in [1.82, 2.24) is 4.90 Å². The summed E-state index contributed by atoms with van der Waals surface area (Å²) in [5, 5.41) is 27.8. The van der Waals surface area contributed by atoms with E-state index in [4.69, 9.17) is 0 Å². The first kappa shape index (κ1) is 16.2. The van der Waals surface area contributed by atoms with Crippen LogP contribution in [0.1, 0.15) is 41.0 Å². The first-order valence-electron chi connectivity index (χ1n) is 5.79. The van der Waals surface area contributed by atoms with E-state index in [0.29, 0.717) is 6.42 Å². The minimum atomic E-state index is -1.05. The molecule has 3 N–H and O–H groups in total. The highest BCUT2D eigenvalue weighted by atomic mass is 16.4. The molecule has 0 spiro atoms. The van der Waals surface area contributed by atoms with Crippen molar-refractivity contribution >= 4 is 6.09 Å². The van der Waals surface area contributed by atoms with E-state index in [2.05, 4.69) is 0 Å². The molecule has 5 nitrogen and oxygen atoms in total. The Kier molecular flexibility index (Phi) is 5.42. The zero-order chi connectivity index (χ0) is 13.9. The van der Waals surface area contributed by atoms with Crippen LogP contribution < -0.4 is 0 Å². The number of nitrogens with zero attached hydrogens (tertiary/aromatic N) is 1. The Morgan fingerprint density at radius 2 is 1.65 bits per heavy atom. The van der Waals surface area contributed by atoms with Crippen LogP contribution in [0.2, 0.25) is 0 Å². The van der Waals surface area contributed by atoms with Gasteiger partial charge in [-0.25, -0.2) is 4.79 Å². The summed E-state index contributed by atoms with van der Waals surface area (Å²) < 4.78 is 0. The SMILES string of the molecule is CC(C)(CO)C[C@@H](CO)N(C(=O)O)C(C)(C)C. The average molecular weight is 247 g/mol. The van der Waals surface area contributed by atoms with Crippen LogP contribution in [-0.2, 0) is 0 Å². The second kappa shape index (κ2) is 5.69. The summed E-state index contributed by atoms with van der Waals surface area (Å²) >= 11 is 0. The molecule has 102 valence electrons. The largest absolute Gasteiger partial charge is 0.465 e. The first-order valence-corrected chi connectivity index (χ1v) is 5.79. The van der Waals surface area contributed by atoms with Crippen LogP contribution in [0.3, 0.4) is 0 Å². The molecule has 0 aliphatic carbocycles. The zero-order valence-electron chi connectivity index (χ0n) is 11.4. The lowest BCUT2D eigenvalue weighted by Crippen LogP contribution is -2.54. The predicted molar refractivity (Wildman–Crippen MR) is 66.0 cm³/mol. The van der Waals surface area contributed by atoms with Gasteiger partial charge >= 0.3 is 6.09 Å². The fraction of sp³-hybridized carbons (Fsp3) is 0.917. The van der Waals surface area contributed by atoms with Crippen molar-refractivity contribution in [3.63, 3.8) is 0 Å². The van der Waals surface area contributed by atoms with E-state index in [1.54, 1.807) is 20.8 Å². The average Bonchev–Trinajstić information content (AvgIpc) is 2.13. The predicted octanol–water partition coefficient (Wildman–Crippen LogP) is 1.53. The molecular formula is C12H25NO4. The second-order valence-electron chi connectivity index (χ2n) is 6.19. The highest BCUT2D eigenvalue weighted by Gasteiger charge is 2.35. The molecule has 0 unspecified atom stereocenters. The van der Waals surface area contributed by atoms with Crippen molar-refractivity contribution in [2.75, 3.05) is 13.2 Å². The summed E-state index contributed by atoms with van der Waals surface area (Å²) in [5.74, 6) is 0. The Morgan fingerprint density at radius 1 is 1.18 bits per heavy atom. The Hall–Kier alpha value is -0.810. The molecule has 1 amide bonds. The lowest BCUT2D eigenvalue weighted by molar-refractivity contribution is 0.0183. The van der Waals surface area contributed by atoms with Gasteiger partial charge in [-0.15, -0.1) is 0 Å². The van der Waals surface area contributed by atoms with Gasteiger partial charge in [-0.2, -0.15) is 0 Å². The molecule has 5 heteroatoms. The summed E-state index contributed by atoms with van der Waals surface area (Å²) in [4.78, 5) is 12.5. The van der Waals surface area contributed by atoms with Crippen LogP contribution >= 0.6 is 0 Å². The maximum atomic E-state index is 11.3. The van der Waals surface area contributed by atoms with Gasteiger partial charge in [0.2, 0.25) is 0 Å². The van der Waals surface area contributed by atoms with Gasteiger partial charge in [0.25, 0.3) is 0 Å². The molecule has 0 aromatic rings. The molecule has 0 fully saturated rings. The van der Waals surface area contributed by atoms with Crippen molar-refractivity contribution in [2.45, 2.75) is 52.6 Å². The number of aliphatic hydroxyl groups excluding tert-OH is 2. The van der Waals surface area contributed by atoms with Crippen LogP contribution in [0, 0.1) is 5.41 Å². The van der Waals surface area contributed by atoms with Crippen molar-refractivity contribution in [3.05, 3.63) is 0 Å². The number of carbonyl (C=O) groups is 1. The van der Waals surface area contributed by atoms with E-state index in [1.807, 2.05) is 13.8 Å². The Labute approximate surface area is 103 Å². The van der Waals surface area contributed by atoms with Crippen LogP contribution in [0.25, 0.3) is 0 Å². The maximum absolute atomic E-state index is 11.3. The zero-order valence-corrected chi connectivity index (χ0v) is 11.4. The fourth-order valence-electron chi connectivity index (χ4n) is 1.93. The fourth-order valence-corrected chi connectivity index (χ4v) is 1.93. The maximum Gasteiger partial charge on any atom is 0.408 e. The van der Waals surface area contributed by atoms with Crippen LogP contribution in [0.15, 0.2) is 0 Å². The third-order valence-corrected chi connectivity index (χ3v) is 2.72. The number of aliphatic hydroxyl groups is 2. The topological polar surface area (TPSA) is 81.0 Å². The highest BCUT2D eigenvalue weighted by Crippen LogP contribution is 2.27. The molecule has 1 atom stereocenters. The van der Waals surface area contributed by atoms with Gasteiger partial charge in [-0.1, -0.05) is 13.8 Å². The Balaban J connectivity index is 5.00. The molecule has 0 radical (unpaired) electrons. The molecule has 0 heterocycles. The summed E-state index contributed by atoms with van der Waals surface area (Å²) in [7, 11) is 0. The van der Waals surface area contributed by atoms with E-state index >= 15 is 0 Å². The minimum absolute atomic E-state index is 0.0406. The normalized spacial score (nSPS) is 14.5. The van der Waals surface area contributed by atoms with E-state index < -0.39 is 23.1 Å². The molecule has 0 aliphatic rings. The van der Waals surface area contributed by atoms with Gasteiger partial charge in [0, 0.05) is 12.1 Å². The molecule has 0 aromatic heterocycles. The van der Waals surface area contributed by atoms with Gasteiger partial charge in [0.05, 0.1) is 12.6 Å². The minimum Gasteiger partial charge on any atom is -0.465 e. The smallest absolute Gasteiger partial charge is 0.408 e. The van der Waals surface area contributed by atoms with E-state index in [0.717, 1.165) is 0 Å². The standard InChI is InChI=1S/C12H25NO4/c1-11(2,3)13(10(16)17)9(7-14)6-12(4,5)8-15/h9,14-15H,6-8H2,1-5H3,(H,16,17)/t9-/m0/s1. The molecule has 0 saturated carbocycles. The van der Waals surface area contributed by atoms with Gasteiger partial charge in [-0.05, 0) is 32.6 Å². The summed E-state index contributed by atoms with van der Waals surface area (Å²) in [5.41, 5.74) is -0.989. The molecule has 0 saturated heterocycles. The number of amides is 1.